The van der Waals surface area contributed by atoms with Crippen molar-refractivity contribution in [1.82, 2.24) is 9.80 Å². The molecule has 166 valence electrons. The molecule has 3 aromatic rings. The van der Waals surface area contributed by atoms with E-state index in [4.69, 9.17) is 20.8 Å². The van der Waals surface area contributed by atoms with Gasteiger partial charge in [-0.1, -0.05) is 23.7 Å². The monoisotopic (exact) mass is 452 g/mol. The molecule has 0 radical (unpaired) electrons. The van der Waals surface area contributed by atoms with Crippen LogP contribution in [0.5, 0.6) is 5.75 Å². The number of hydrogen-bond acceptors (Lipinski definition) is 5. The van der Waals surface area contributed by atoms with E-state index in [1.54, 1.807) is 24.3 Å². The van der Waals surface area contributed by atoms with Gasteiger partial charge in [0, 0.05) is 42.2 Å². The highest BCUT2D eigenvalue weighted by Gasteiger charge is 2.40. The number of amides is 1. The van der Waals surface area contributed by atoms with Gasteiger partial charge in [-0.2, -0.15) is 0 Å². The number of nitrogens with zero attached hydrogens (tertiary/aromatic N) is 2. The van der Waals surface area contributed by atoms with Crippen molar-refractivity contribution in [3.05, 3.63) is 63.9 Å². The fourth-order valence-corrected chi connectivity index (χ4v) is 4.80. The molecule has 2 aliphatic rings. The summed E-state index contributed by atoms with van der Waals surface area (Å²) in [5.74, 6) is 0.651. The van der Waals surface area contributed by atoms with Crippen molar-refractivity contribution >= 4 is 34.3 Å². The molecule has 1 fully saturated rings. The lowest BCUT2D eigenvalue weighted by Crippen LogP contribution is -2.47. The van der Waals surface area contributed by atoms with Gasteiger partial charge in [-0.15, -0.1) is 0 Å². The Morgan fingerprint density at radius 3 is 2.44 bits per heavy atom. The van der Waals surface area contributed by atoms with Gasteiger partial charge in [0.1, 0.15) is 16.9 Å². The Morgan fingerprint density at radius 2 is 1.75 bits per heavy atom. The normalized spacial score (nSPS) is 21.5. The van der Waals surface area contributed by atoms with Gasteiger partial charge in [0.25, 0.3) is 5.91 Å². The zero-order valence-corrected chi connectivity index (χ0v) is 19.2. The Hall–Kier alpha value is -2.83. The number of rotatable bonds is 2. The van der Waals surface area contributed by atoms with Crippen molar-refractivity contribution < 1.29 is 18.7 Å². The van der Waals surface area contributed by atoms with Crippen LogP contribution in [-0.2, 0) is 5.60 Å². The quantitative estimate of drug-likeness (QED) is 0.565. The third kappa shape index (κ3) is 3.38. The highest BCUT2D eigenvalue weighted by Crippen LogP contribution is 2.44. The smallest absolute Gasteiger partial charge is 0.289 e. The lowest BCUT2D eigenvalue weighted by Gasteiger charge is -2.35. The van der Waals surface area contributed by atoms with Gasteiger partial charge in [-0.3, -0.25) is 9.59 Å². The first-order chi connectivity index (χ1) is 15.3. The predicted molar refractivity (Wildman–Crippen MR) is 123 cm³/mol. The molecule has 0 bridgehead atoms. The summed E-state index contributed by atoms with van der Waals surface area (Å²) in [6.07, 6.45) is 0.188. The molecule has 0 N–H and O–H groups in total. The third-order valence-electron chi connectivity index (χ3n) is 6.61. The number of carbonyl (C=O) groups excluding carboxylic acids is 2. The zero-order valence-electron chi connectivity index (χ0n) is 18.4. The number of aryl methyl sites for hydroxylation is 1. The fourth-order valence-electron chi connectivity index (χ4n) is 4.68. The average molecular weight is 453 g/mol. The topological polar surface area (TPSA) is 63.0 Å². The number of carbonyl (C=O) groups is 2. The number of hydrogen-bond donors (Lipinski definition) is 0. The average Bonchev–Trinajstić information content (AvgIpc) is 3.10. The van der Waals surface area contributed by atoms with Gasteiger partial charge in [-0.05, 0) is 50.7 Å². The van der Waals surface area contributed by atoms with Crippen molar-refractivity contribution in [2.75, 3.05) is 33.2 Å². The summed E-state index contributed by atoms with van der Waals surface area (Å²) < 4.78 is 12.3. The molecule has 6 nitrogen and oxygen atoms in total. The van der Waals surface area contributed by atoms with E-state index < -0.39 is 5.60 Å². The largest absolute Gasteiger partial charge is 0.482 e. The molecular weight excluding hydrogens is 428 g/mol. The number of ketones is 1. The van der Waals surface area contributed by atoms with E-state index >= 15 is 0 Å². The number of furan rings is 1. The summed E-state index contributed by atoms with van der Waals surface area (Å²) in [7, 11) is 2.05. The maximum Gasteiger partial charge on any atom is 0.289 e. The standard InChI is InChI=1S/C25H25ClN2O4/c1-15-21-19(31-23(15)24(30)28-12-10-27(3)11-13-28)8-9-20-22(21)18(29)14-25(2,32-20)16-4-6-17(26)7-5-16/h4-9H,10-14H2,1-3H3/t25-/m1/s1. The summed E-state index contributed by atoms with van der Waals surface area (Å²) in [4.78, 5) is 30.5. The first-order valence-electron chi connectivity index (χ1n) is 10.8. The second-order valence-corrected chi connectivity index (χ2v) is 9.34. The van der Waals surface area contributed by atoms with Crippen molar-refractivity contribution in [3.63, 3.8) is 0 Å². The van der Waals surface area contributed by atoms with Crippen LogP contribution in [0.2, 0.25) is 5.02 Å². The van der Waals surface area contributed by atoms with Crippen molar-refractivity contribution in [2.24, 2.45) is 0 Å². The number of likely N-dealkylation sites (N-methyl/N-ethyl adjacent to an activating group) is 1. The molecule has 3 heterocycles. The minimum atomic E-state index is -0.793. The minimum Gasteiger partial charge on any atom is -0.482 e. The number of benzene rings is 2. The number of fused-ring (bicyclic) bond motifs is 3. The summed E-state index contributed by atoms with van der Waals surface area (Å²) >= 11 is 6.03. The molecule has 2 aromatic carbocycles. The lowest BCUT2D eigenvalue weighted by atomic mass is 9.84. The van der Waals surface area contributed by atoms with Gasteiger partial charge < -0.3 is 19.0 Å². The molecule has 0 aliphatic carbocycles. The Bertz CT molecular complexity index is 1220. The summed E-state index contributed by atoms with van der Waals surface area (Å²) in [5.41, 5.74) is 1.81. The van der Waals surface area contributed by atoms with Gasteiger partial charge in [0.15, 0.2) is 11.5 Å². The zero-order chi connectivity index (χ0) is 22.6. The number of halogens is 1. The van der Waals surface area contributed by atoms with Gasteiger partial charge >= 0.3 is 0 Å². The summed E-state index contributed by atoms with van der Waals surface area (Å²) in [6.45, 7) is 6.73. The van der Waals surface area contributed by atoms with E-state index in [2.05, 4.69) is 4.90 Å². The summed E-state index contributed by atoms with van der Waals surface area (Å²) in [6, 6.07) is 10.9. The summed E-state index contributed by atoms with van der Waals surface area (Å²) in [5, 5.41) is 1.30. The molecule has 1 saturated heterocycles. The fraction of sp³-hybridized carbons (Fsp3) is 0.360. The lowest BCUT2D eigenvalue weighted by molar-refractivity contribution is 0.0507. The van der Waals surface area contributed by atoms with Gasteiger partial charge in [0.2, 0.25) is 0 Å². The Morgan fingerprint density at radius 1 is 1.06 bits per heavy atom. The number of Topliss-reactive ketones (excluding diaryl/α,β-unsaturated/α-hetero) is 1. The molecule has 0 unspecified atom stereocenters. The molecule has 32 heavy (non-hydrogen) atoms. The maximum atomic E-state index is 13.4. The first-order valence-corrected chi connectivity index (χ1v) is 11.2. The van der Waals surface area contributed by atoms with Crippen LogP contribution in [-0.4, -0.2) is 54.7 Å². The maximum absolute atomic E-state index is 13.4. The Balaban J connectivity index is 1.54. The van der Waals surface area contributed by atoms with Gasteiger partial charge in [-0.25, -0.2) is 0 Å². The highest BCUT2D eigenvalue weighted by molar-refractivity contribution is 6.30. The van der Waals surface area contributed by atoms with E-state index in [1.165, 1.54) is 0 Å². The molecule has 1 aromatic heterocycles. The third-order valence-corrected chi connectivity index (χ3v) is 6.86. The molecule has 1 amide bonds. The van der Waals surface area contributed by atoms with Crippen molar-refractivity contribution in [3.8, 4) is 5.75 Å². The predicted octanol–water partition coefficient (Wildman–Crippen LogP) is 4.66. The molecule has 0 saturated carbocycles. The molecule has 2 aliphatic heterocycles. The van der Waals surface area contributed by atoms with Crippen LogP contribution in [0.15, 0.2) is 40.8 Å². The van der Waals surface area contributed by atoms with E-state index in [0.717, 1.165) is 18.7 Å². The molecule has 7 heteroatoms. The minimum absolute atomic E-state index is 0.0307. The van der Waals surface area contributed by atoms with Crippen LogP contribution in [0.25, 0.3) is 11.0 Å². The van der Waals surface area contributed by atoms with Crippen LogP contribution in [0.1, 0.15) is 45.4 Å². The van der Waals surface area contributed by atoms with E-state index in [9.17, 15) is 9.59 Å². The van der Waals surface area contributed by atoms with E-state index in [1.807, 2.05) is 37.9 Å². The van der Waals surface area contributed by atoms with Crippen molar-refractivity contribution in [1.29, 1.82) is 0 Å². The SMILES string of the molecule is Cc1c(C(=O)N2CCN(C)CC2)oc2ccc3c(c12)C(=O)C[C@](C)(c1ccc(Cl)cc1)O3. The van der Waals surface area contributed by atoms with Crippen molar-refractivity contribution in [2.45, 2.75) is 25.9 Å². The van der Waals surface area contributed by atoms with Crippen LogP contribution in [0.4, 0.5) is 0 Å². The van der Waals surface area contributed by atoms with E-state index in [0.29, 0.717) is 51.7 Å². The van der Waals surface area contributed by atoms with Crippen LogP contribution >= 0.6 is 11.6 Å². The van der Waals surface area contributed by atoms with Crippen LogP contribution < -0.4 is 4.74 Å². The van der Waals surface area contributed by atoms with Gasteiger partial charge in [0.05, 0.1) is 12.0 Å². The number of piperazine rings is 1. The molecule has 0 spiro atoms. The first kappa shape index (κ1) is 21.0. The molecule has 1 atom stereocenters. The second-order valence-electron chi connectivity index (χ2n) is 8.90. The Kier molecular flexibility index (Phi) is 5.02. The Labute approximate surface area is 191 Å². The van der Waals surface area contributed by atoms with E-state index in [-0.39, 0.29) is 18.1 Å². The van der Waals surface area contributed by atoms with Crippen LogP contribution in [0.3, 0.4) is 0 Å². The highest BCUT2D eigenvalue weighted by atomic mass is 35.5. The number of ether oxygens (including phenoxy) is 1. The molecular formula is C25H25ClN2O4. The molecule has 5 rings (SSSR count). The second kappa shape index (κ2) is 7.64. The van der Waals surface area contributed by atoms with Crippen LogP contribution in [0, 0.1) is 6.92 Å².